The van der Waals surface area contributed by atoms with E-state index in [9.17, 15) is 28.0 Å². The van der Waals surface area contributed by atoms with Gasteiger partial charge in [-0.05, 0) is 18.3 Å². The van der Waals surface area contributed by atoms with Crippen LogP contribution in [-0.4, -0.2) is 35.2 Å². The molecule has 5 nitrogen and oxygen atoms in total. The second kappa shape index (κ2) is 7.66. The monoisotopic (exact) mass is 413 g/mol. The minimum absolute atomic E-state index is 0.117. The average Bonchev–Trinajstić information content (AvgIpc) is 3.04. The van der Waals surface area contributed by atoms with Crippen LogP contribution in [0.4, 0.5) is 13.2 Å². The topological polar surface area (TPSA) is 74.1 Å². The number of thiazole rings is 1. The molecule has 152 valence electrons. The normalized spacial score (nSPS) is 21.8. The Morgan fingerprint density at radius 2 is 2.04 bits per heavy atom. The van der Waals surface area contributed by atoms with E-state index in [4.69, 9.17) is 0 Å². The van der Waals surface area contributed by atoms with Crippen molar-refractivity contribution in [1.29, 1.82) is 5.26 Å². The summed E-state index contributed by atoms with van der Waals surface area (Å²) in [6, 6.07) is 1.95. The maximum Gasteiger partial charge on any atom is 0.434 e. The minimum Gasteiger partial charge on any atom is -0.345 e. The highest BCUT2D eigenvalue weighted by molar-refractivity contribution is 7.09. The number of allylic oxidation sites excluding steroid dienone is 2. The summed E-state index contributed by atoms with van der Waals surface area (Å²) in [6.07, 6.45) is -1.96. The smallest absolute Gasteiger partial charge is 0.345 e. The molecule has 0 spiro atoms. The molecule has 0 bridgehead atoms. The fraction of sp³-hybridized carbons (Fsp3) is 0.579. The molecule has 2 rings (SSSR count). The van der Waals surface area contributed by atoms with Gasteiger partial charge in [0.1, 0.15) is 11.1 Å². The molecule has 28 heavy (non-hydrogen) atoms. The Morgan fingerprint density at radius 1 is 1.39 bits per heavy atom. The van der Waals surface area contributed by atoms with Crippen LogP contribution in [0.15, 0.2) is 17.0 Å². The number of carbonyl (C=O) groups excluding carboxylic acids is 2. The highest BCUT2D eigenvalue weighted by Crippen LogP contribution is 2.44. The van der Waals surface area contributed by atoms with Crippen LogP contribution in [0.2, 0.25) is 0 Å². The van der Waals surface area contributed by atoms with Gasteiger partial charge in [0.25, 0.3) is 0 Å². The first-order chi connectivity index (χ1) is 12.8. The lowest BCUT2D eigenvalue weighted by molar-refractivity contribution is -0.141. The van der Waals surface area contributed by atoms with E-state index in [2.05, 4.69) is 4.98 Å². The first-order valence-corrected chi connectivity index (χ1v) is 9.59. The van der Waals surface area contributed by atoms with Gasteiger partial charge in [0.15, 0.2) is 11.5 Å². The molecular formula is C19H22F3N3O2S. The number of aromatic nitrogens is 1. The van der Waals surface area contributed by atoms with Crippen molar-refractivity contribution in [1.82, 2.24) is 9.88 Å². The lowest BCUT2D eigenvalue weighted by Gasteiger charge is -2.39. The summed E-state index contributed by atoms with van der Waals surface area (Å²) in [5.41, 5.74) is -1.94. The van der Waals surface area contributed by atoms with Crippen LogP contribution in [0.3, 0.4) is 0 Å². The van der Waals surface area contributed by atoms with E-state index in [1.165, 1.54) is 4.90 Å². The molecule has 9 heteroatoms. The number of nitriles is 1. The Hall–Kier alpha value is -2.21. The molecule has 0 saturated carbocycles. The first kappa shape index (κ1) is 22.1. The molecular weight excluding hydrogens is 391 g/mol. The van der Waals surface area contributed by atoms with Crippen molar-refractivity contribution in [2.75, 3.05) is 13.6 Å². The highest BCUT2D eigenvalue weighted by Gasteiger charge is 2.42. The number of Topliss-reactive ketones (excluding diaryl/α,β-unsaturated/α-hetero) is 1. The van der Waals surface area contributed by atoms with Gasteiger partial charge in [0.2, 0.25) is 5.91 Å². The van der Waals surface area contributed by atoms with Gasteiger partial charge in [-0.15, -0.1) is 11.3 Å². The second-order valence-corrected chi connectivity index (χ2v) is 9.02. The van der Waals surface area contributed by atoms with Crippen LogP contribution in [0.25, 0.3) is 0 Å². The molecule has 0 radical (unpaired) electrons. The van der Waals surface area contributed by atoms with E-state index < -0.39 is 22.7 Å². The van der Waals surface area contributed by atoms with Gasteiger partial charge in [0.05, 0.1) is 12.0 Å². The van der Waals surface area contributed by atoms with Gasteiger partial charge in [0, 0.05) is 24.4 Å². The fourth-order valence-corrected chi connectivity index (χ4v) is 4.29. The van der Waals surface area contributed by atoms with Gasteiger partial charge in [-0.2, -0.15) is 18.4 Å². The van der Waals surface area contributed by atoms with E-state index >= 15 is 0 Å². The number of nitrogens with zero attached hydrogens (tertiary/aromatic N) is 3. The number of amides is 1. The van der Waals surface area contributed by atoms with Gasteiger partial charge < -0.3 is 4.90 Å². The van der Waals surface area contributed by atoms with Crippen molar-refractivity contribution < 1.29 is 22.8 Å². The zero-order chi connectivity index (χ0) is 21.3. The Kier molecular flexibility index (Phi) is 6.04. The van der Waals surface area contributed by atoms with E-state index in [1.54, 1.807) is 27.0 Å². The molecule has 0 aliphatic heterocycles. The van der Waals surface area contributed by atoms with Crippen molar-refractivity contribution in [3.8, 4) is 6.07 Å². The third kappa shape index (κ3) is 4.98. The summed E-state index contributed by atoms with van der Waals surface area (Å²) >= 11 is 0.809. The first-order valence-electron chi connectivity index (χ1n) is 8.71. The molecule has 1 heterocycles. The van der Waals surface area contributed by atoms with Crippen LogP contribution in [-0.2, 0) is 22.2 Å². The maximum absolute atomic E-state index is 12.6. The number of alkyl halides is 3. The van der Waals surface area contributed by atoms with Crippen LogP contribution in [0, 0.1) is 22.2 Å². The maximum atomic E-state index is 12.6. The molecule has 0 unspecified atom stereocenters. The largest absolute Gasteiger partial charge is 0.434 e. The minimum atomic E-state index is -4.52. The quantitative estimate of drug-likeness (QED) is 0.731. The second-order valence-electron chi connectivity index (χ2n) is 8.08. The van der Waals surface area contributed by atoms with Gasteiger partial charge in [-0.1, -0.05) is 26.8 Å². The highest BCUT2D eigenvalue weighted by atomic mass is 32.1. The van der Waals surface area contributed by atoms with E-state index in [0.29, 0.717) is 19.4 Å². The molecule has 1 aromatic rings. The zero-order valence-corrected chi connectivity index (χ0v) is 17.0. The molecule has 0 aromatic carbocycles. The van der Waals surface area contributed by atoms with Gasteiger partial charge in [-0.25, -0.2) is 4.98 Å². The summed E-state index contributed by atoms with van der Waals surface area (Å²) < 4.78 is 37.8. The van der Waals surface area contributed by atoms with Crippen LogP contribution >= 0.6 is 11.3 Å². The SMILES string of the molecule is CN(CC[C@]1(C)C=C(C#N)C(=O)C(C)(C)C1)C(=O)Cc1nc(C(F)(F)F)cs1. The lowest BCUT2D eigenvalue weighted by Crippen LogP contribution is -2.39. The van der Waals surface area contributed by atoms with Crippen LogP contribution in [0.1, 0.15) is 44.3 Å². The van der Waals surface area contributed by atoms with E-state index in [-0.39, 0.29) is 28.7 Å². The van der Waals surface area contributed by atoms with Crippen molar-refractivity contribution in [3.63, 3.8) is 0 Å². The third-order valence-electron chi connectivity index (χ3n) is 4.91. The predicted octanol–water partition coefficient (Wildman–Crippen LogP) is 4.01. The predicted molar refractivity (Wildman–Crippen MR) is 98.3 cm³/mol. The molecule has 0 N–H and O–H groups in total. The molecule has 1 aromatic heterocycles. The zero-order valence-electron chi connectivity index (χ0n) is 16.2. The number of hydrogen-bond acceptors (Lipinski definition) is 5. The molecule has 0 saturated heterocycles. The van der Waals surface area contributed by atoms with Crippen molar-refractivity contribution in [2.45, 2.75) is 46.2 Å². The standard InChI is InChI=1S/C19H22F3N3O2S/c1-17(2)11-18(3,8-12(9-23)16(17)27)5-6-25(4)15(26)7-14-24-13(10-28-14)19(20,21)22/h8,10H,5-7,11H2,1-4H3/t18-/m1/s1. The number of likely N-dealkylation sites (N-methyl/N-ethyl adjacent to an activating group) is 1. The van der Waals surface area contributed by atoms with Crippen molar-refractivity contribution in [2.24, 2.45) is 10.8 Å². The molecule has 1 amide bonds. The van der Waals surface area contributed by atoms with Crippen LogP contribution < -0.4 is 0 Å². The molecule has 0 fully saturated rings. The van der Waals surface area contributed by atoms with Gasteiger partial charge in [-0.3, -0.25) is 9.59 Å². The summed E-state index contributed by atoms with van der Waals surface area (Å²) in [5, 5.41) is 10.2. The number of carbonyl (C=O) groups is 2. The van der Waals surface area contributed by atoms with Gasteiger partial charge >= 0.3 is 6.18 Å². The number of hydrogen-bond donors (Lipinski definition) is 0. The summed E-state index contributed by atoms with van der Waals surface area (Å²) in [7, 11) is 1.58. The Balaban J connectivity index is 2.01. The Labute approximate surface area is 165 Å². The Bertz CT molecular complexity index is 851. The number of rotatable bonds is 5. The summed E-state index contributed by atoms with van der Waals surface area (Å²) in [4.78, 5) is 29.5. The number of ketones is 1. The fourth-order valence-electron chi connectivity index (χ4n) is 3.50. The van der Waals surface area contributed by atoms with Crippen molar-refractivity contribution in [3.05, 3.63) is 27.7 Å². The van der Waals surface area contributed by atoms with E-state index in [0.717, 1.165) is 16.7 Å². The van der Waals surface area contributed by atoms with E-state index in [1.807, 2.05) is 13.0 Å². The molecule has 1 aliphatic carbocycles. The summed E-state index contributed by atoms with van der Waals surface area (Å²) in [5.74, 6) is -0.511. The average molecular weight is 413 g/mol. The van der Waals surface area contributed by atoms with Crippen molar-refractivity contribution >= 4 is 23.0 Å². The summed E-state index contributed by atoms with van der Waals surface area (Å²) in [6.45, 7) is 5.89. The Morgan fingerprint density at radius 3 is 2.57 bits per heavy atom. The lowest BCUT2D eigenvalue weighted by atomic mass is 9.64. The third-order valence-corrected chi connectivity index (χ3v) is 5.76. The van der Waals surface area contributed by atoms with Crippen LogP contribution in [0.5, 0.6) is 0 Å². The molecule has 1 aliphatic rings. The molecule has 1 atom stereocenters. The number of halogens is 3.